The number of amides is 1. The zero-order valence-electron chi connectivity index (χ0n) is 19.6. The predicted molar refractivity (Wildman–Crippen MR) is 122 cm³/mol. The van der Waals surface area contributed by atoms with Gasteiger partial charge in [0.2, 0.25) is 5.91 Å². The van der Waals surface area contributed by atoms with E-state index in [4.69, 9.17) is 18.9 Å². The molecule has 1 atom stereocenters. The Kier molecular flexibility index (Phi) is 7.51. The first-order valence-corrected chi connectivity index (χ1v) is 11.2. The largest absolute Gasteiger partial charge is 0.490 e. The van der Waals surface area contributed by atoms with Crippen molar-refractivity contribution in [2.45, 2.75) is 46.3 Å². The third kappa shape index (κ3) is 4.63. The number of nitrogens with zero attached hydrogens (tertiary/aromatic N) is 1. The SMILES string of the molecule is CCOc1ccc(CC2(O)c3cc(OCC)c(OCC)cc3CC(=O)N2C)cc1OCC. The number of carbonyl (C=O) groups is 1. The average molecular weight is 444 g/mol. The van der Waals surface area contributed by atoms with Crippen molar-refractivity contribution in [3.05, 3.63) is 47.0 Å². The Morgan fingerprint density at radius 1 is 0.844 bits per heavy atom. The Hall–Kier alpha value is -2.93. The number of fused-ring (bicyclic) bond motifs is 1. The van der Waals surface area contributed by atoms with Crippen LogP contribution in [-0.4, -0.2) is 49.4 Å². The lowest BCUT2D eigenvalue weighted by molar-refractivity contribution is -0.160. The Morgan fingerprint density at radius 3 is 1.97 bits per heavy atom. The number of rotatable bonds is 10. The van der Waals surface area contributed by atoms with Gasteiger partial charge in [-0.2, -0.15) is 0 Å². The van der Waals surface area contributed by atoms with Crippen LogP contribution in [0.25, 0.3) is 0 Å². The van der Waals surface area contributed by atoms with Crippen molar-refractivity contribution < 1.29 is 28.8 Å². The highest BCUT2D eigenvalue weighted by Crippen LogP contribution is 2.42. The molecule has 174 valence electrons. The number of hydrogen-bond donors (Lipinski definition) is 1. The minimum atomic E-state index is -1.54. The maximum Gasteiger partial charge on any atom is 0.229 e. The van der Waals surface area contributed by atoms with E-state index in [0.29, 0.717) is 55.0 Å². The highest BCUT2D eigenvalue weighted by Gasteiger charge is 2.43. The van der Waals surface area contributed by atoms with E-state index in [1.807, 2.05) is 52.0 Å². The molecule has 0 spiro atoms. The topological polar surface area (TPSA) is 77.5 Å². The van der Waals surface area contributed by atoms with E-state index >= 15 is 0 Å². The van der Waals surface area contributed by atoms with Crippen molar-refractivity contribution in [2.75, 3.05) is 33.5 Å². The van der Waals surface area contributed by atoms with Crippen molar-refractivity contribution >= 4 is 5.91 Å². The lowest BCUT2D eigenvalue weighted by Gasteiger charge is -2.42. The Balaban J connectivity index is 2.07. The molecular weight excluding hydrogens is 410 g/mol. The molecule has 7 nitrogen and oxygen atoms in total. The number of hydrogen-bond acceptors (Lipinski definition) is 6. The third-order valence-electron chi connectivity index (χ3n) is 5.53. The summed E-state index contributed by atoms with van der Waals surface area (Å²) in [6.45, 7) is 9.57. The number of likely N-dealkylation sites (N-methyl/N-ethyl adjacent to an activating group) is 1. The van der Waals surface area contributed by atoms with Gasteiger partial charge < -0.3 is 29.0 Å². The summed E-state index contributed by atoms with van der Waals surface area (Å²) in [5, 5.41) is 11.9. The van der Waals surface area contributed by atoms with Crippen LogP contribution < -0.4 is 18.9 Å². The second-order valence-corrected chi connectivity index (χ2v) is 7.59. The smallest absolute Gasteiger partial charge is 0.229 e. The van der Waals surface area contributed by atoms with Crippen molar-refractivity contribution in [3.8, 4) is 23.0 Å². The fourth-order valence-electron chi connectivity index (χ4n) is 4.03. The van der Waals surface area contributed by atoms with Crippen LogP contribution in [0.15, 0.2) is 30.3 Å². The lowest BCUT2D eigenvalue weighted by atomic mass is 9.85. The summed E-state index contributed by atoms with van der Waals surface area (Å²) in [4.78, 5) is 14.2. The van der Waals surface area contributed by atoms with E-state index in [2.05, 4.69) is 0 Å². The zero-order valence-corrected chi connectivity index (χ0v) is 19.6. The molecule has 0 aromatic heterocycles. The highest BCUT2D eigenvalue weighted by molar-refractivity contribution is 5.82. The average Bonchev–Trinajstić information content (AvgIpc) is 2.76. The van der Waals surface area contributed by atoms with Gasteiger partial charge in [0.25, 0.3) is 0 Å². The van der Waals surface area contributed by atoms with Gasteiger partial charge in [0.1, 0.15) is 0 Å². The maximum absolute atomic E-state index is 12.8. The fourth-order valence-corrected chi connectivity index (χ4v) is 4.03. The summed E-state index contributed by atoms with van der Waals surface area (Å²) in [5.74, 6) is 2.23. The van der Waals surface area contributed by atoms with Gasteiger partial charge in [-0.1, -0.05) is 6.07 Å². The van der Waals surface area contributed by atoms with E-state index in [9.17, 15) is 9.90 Å². The molecule has 32 heavy (non-hydrogen) atoms. The molecule has 1 amide bonds. The van der Waals surface area contributed by atoms with Gasteiger partial charge in [-0.15, -0.1) is 0 Å². The van der Waals surface area contributed by atoms with Gasteiger partial charge in [-0.05, 0) is 63.1 Å². The van der Waals surface area contributed by atoms with Crippen LogP contribution >= 0.6 is 0 Å². The van der Waals surface area contributed by atoms with E-state index in [-0.39, 0.29) is 18.7 Å². The van der Waals surface area contributed by atoms with Crippen LogP contribution in [0, 0.1) is 0 Å². The number of ether oxygens (including phenoxy) is 4. The minimum Gasteiger partial charge on any atom is -0.490 e. The molecule has 0 saturated carbocycles. The van der Waals surface area contributed by atoms with Crippen LogP contribution in [-0.2, 0) is 23.4 Å². The molecule has 1 aliphatic heterocycles. The zero-order chi connectivity index (χ0) is 23.3. The van der Waals surface area contributed by atoms with Crippen molar-refractivity contribution in [2.24, 2.45) is 0 Å². The Morgan fingerprint density at radius 2 is 1.38 bits per heavy atom. The molecule has 2 aromatic rings. The van der Waals surface area contributed by atoms with E-state index < -0.39 is 5.72 Å². The second kappa shape index (κ2) is 10.1. The van der Waals surface area contributed by atoms with Crippen molar-refractivity contribution in [1.82, 2.24) is 4.90 Å². The molecule has 1 unspecified atom stereocenters. The fraction of sp³-hybridized carbons (Fsp3) is 0.480. The standard InChI is InChI=1S/C25H33NO6/c1-6-29-20-11-10-17(12-21(20)30-7-2)16-25(28)19-15-23(32-9-4)22(31-8-3)13-18(19)14-24(27)26(25)5/h10-13,15,28H,6-9,14,16H2,1-5H3. The van der Waals surface area contributed by atoms with Crippen LogP contribution in [0.4, 0.5) is 0 Å². The van der Waals surface area contributed by atoms with E-state index in [1.54, 1.807) is 13.1 Å². The second-order valence-electron chi connectivity index (χ2n) is 7.59. The first-order valence-electron chi connectivity index (χ1n) is 11.2. The highest BCUT2D eigenvalue weighted by atomic mass is 16.5. The van der Waals surface area contributed by atoms with Gasteiger partial charge in [-0.3, -0.25) is 4.79 Å². The molecule has 0 aliphatic carbocycles. The van der Waals surface area contributed by atoms with Gasteiger partial charge in [-0.25, -0.2) is 0 Å². The summed E-state index contributed by atoms with van der Waals surface area (Å²) >= 11 is 0. The first kappa shape index (κ1) is 23.7. The number of aliphatic hydroxyl groups is 1. The van der Waals surface area contributed by atoms with Crippen LogP contribution in [0.5, 0.6) is 23.0 Å². The summed E-state index contributed by atoms with van der Waals surface area (Å²) in [6, 6.07) is 9.18. The van der Waals surface area contributed by atoms with Crippen LogP contribution in [0.1, 0.15) is 44.4 Å². The van der Waals surface area contributed by atoms with Crippen molar-refractivity contribution in [3.63, 3.8) is 0 Å². The molecule has 0 bridgehead atoms. The maximum atomic E-state index is 12.8. The van der Waals surface area contributed by atoms with Crippen LogP contribution in [0.3, 0.4) is 0 Å². The monoisotopic (exact) mass is 443 g/mol. The van der Waals surface area contributed by atoms with Crippen molar-refractivity contribution in [1.29, 1.82) is 0 Å². The van der Waals surface area contributed by atoms with Gasteiger partial charge >= 0.3 is 0 Å². The van der Waals surface area contributed by atoms with E-state index in [0.717, 1.165) is 11.1 Å². The normalized spacial score (nSPS) is 17.7. The summed E-state index contributed by atoms with van der Waals surface area (Å²) < 4.78 is 22.9. The van der Waals surface area contributed by atoms with Gasteiger partial charge in [0.05, 0.1) is 32.8 Å². The number of carbonyl (C=O) groups excluding carboxylic acids is 1. The van der Waals surface area contributed by atoms with Gasteiger partial charge in [0, 0.05) is 19.0 Å². The van der Waals surface area contributed by atoms with E-state index in [1.165, 1.54) is 4.90 Å². The minimum absolute atomic E-state index is 0.164. The van der Waals surface area contributed by atoms with Gasteiger partial charge in [0.15, 0.2) is 28.7 Å². The molecule has 1 aliphatic rings. The lowest BCUT2D eigenvalue weighted by Crippen LogP contribution is -2.53. The molecular formula is C25H33NO6. The Labute approximate surface area is 189 Å². The Bertz CT molecular complexity index is 960. The molecule has 0 fully saturated rings. The first-order chi connectivity index (χ1) is 15.4. The summed E-state index contributed by atoms with van der Waals surface area (Å²) in [6.07, 6.45) is 0.377. The molecule has 2 aromatic carbocycles. The van der Waals surface area contributed by atoms with Crippen LogP contribution in [0.2, 0.25) is 0 Å². The molecule has 7 heteroatoms. The summed E-state index contributed by atoms with van der Waals surface area (Å²) in [7, 11) is 1.63. The molecule has 0 radical (unpaired) electrons. The molecule has 1 heterocycles. The third-order valence-corrected chi connectivity index (χ3v) is 5.53. The molecule has 1 N–H and O–H groups in total. The molecule has 3 rings (SSSR count). The predicted octanol–water partition coefficient (Wildman–Crippen LogP) is 3.68. The summed E-state index contributed by atoms with van der Waals surface area (Å²) in [5.41, 5.74) is 0.647. The quantitative estimate of drug-likeness (QED) is 0.604. The molecule has 0 saturated heterocycles. The number of benzene rings is 2.